The van der Waals surface area contributed by atoms with Gasteiger partial charge in [-0.2, -0.15) is 0 Å². The predicted molar refractivity (Wildman–Crippen MR) is 91.1 cm³/mol. The molecule has 2 rings (SSSR count). The molecule has 1 aromatic rings. The number of hydrogen-bond acceptors (Lipinski definition) is 1. The van der Waals surface area contributed by atoms with Crippen LogP contribution in [-0.4, -0.2) is 11.1 Å². The number of rotatable bonds is 4. The summed E-state index contributed by atoms with van der Waals surface area (Å²) >= 11 is 0. The van der Waals surface area contributed by atoms with Gasteiger partial charge >= 0.3 is 5.97 Å². The van der Waals surface area contributed by atoms with Crippen molar-refractivity contribution in [3.8, 4) is 0 Å². The number of benzene rings is 1. The number of carboxylic acid groups (broad SMARTS) is 1. The molecule has 0 aromatic heterocycles. The normalized spacial score (nSPS) is 24.0. The zero-order valence-corrected chi connectivity index (χ0v) is 14.4. The fourth-order valence-electron chi connectivity index (χ4n) is 3.66. The van der Waals surface area contributed by atoms with E-state index in [0.29, 0.717) is 17.8 Å². The van der Waals surface area contributed by atoms with E-state index in [2.05, 4.69) is 45.0 Å². The minimum absolute atomic E-state index is 0.312. The van der Waals surface area contributed by atoms with Crippen LogP contribution in [0.2, 0.25) is 0 Å². The van der Waals surface area contributed by atoms with Crippen LogP contribution in [0.3, 0.4) is 0 Å². The Morgan fingerprint density at radius 1 is 1.14 bits per heavy atom. The number of aliphatic carboxylic acids is 1. The fourth-order valence-corrected chi connectivity index (χ4v) is 3.66. The van der Waals surface area contributed by atoms with Gasteiger partial charge in [-0.3, -0.25) is 4.79 Å². The molecule has 1 aliphatic rings. The minimum atomic E-state index is -0.718. The lowest BCUT2D eigenvalue weighted by Gasteiger charge is -2.37. The average molecular weight is 302 g/mol. The number of carboxylic acids is 1. The Labute approximate surface area is 134 Å². The molecule has 1 saturated carbocycles. The van der Waals surface area contributed by atoms with Gasteiger partial charge in [0, 0.05) is 0 Å². The van der Waals surface area contributed by atoms with Crippen LogP contribution < -0.4 is 0 Å². The third-order valence-electron chi connectivity index (χ3n) is 5.37. The fraction of sp³-hybridized carbons (Fsp3) is 0.650. The lowest BCUT2D eigenvalue weighted by atomic mass is 9.68. The van der Waals surface area contributed by atoms with E-state index in [1.54, 1.807) is 6.92 Å². The van der Waals surface area contributed by atoms with E-state index in [4.69, 9.17) is 5.11 Å². The Balaban J connectivity index is 1.93. The Kier molecular flexibility index (Phi) is 5.31. The second-order valence-electron chi connectivity index (χ2n) is 8.10. The van der Waals surface area contributed by atoms with E-state index >= 15 is 0 Å². The molecule has 1 atom stereocenters. The average Bonchev–Trinajstić information content (AvgIpc) is 2.47. The monoisotopic (exact) mass is 302 g/mol. The van der Waals surface area contributed by atoms with Crippen LogP contribution in [0.15, 0.2) is 24.3 Å². The highest BCUT2D eigenvalue weighted by molar-refractivity contribution is 5.69. The first-order valence-electron chi connectivity index (χ1n) is 8.59. The molecule has 22 heavy (non-hydrogen) atoms. The highest BCUT2D eigenvalue weighted by Gasteiger charge is 2.30. The van der Waals surface area contributed by atoms with Crippen LogP contribution >= 0.6 is 0 Å². The smallest absolute Gasteiger partial charge is 0.306 e. The standard InChI is InChI=1S/C20H30O2/c1-14(19(21)22)13-15-5-7-16(8-6-15)17-9-11-18(12-10-17)20(2,3)4/h5-8,14,17-18H,9-13H2,1-4H3,(H,21,22). The van der Waals surface area contributed by atoms with Crippen molar-refractivity contribution in [2.75, 3.05) is 0 Å². The van der Waals surface area contributed by atoms with Gasteiger partial charge < -0.3 is 5.11 Å². The molecule has 1 unspecified atom stereocenters. The highest BCUT2D eigenvalue weighted by Crippen LogP contribution is 2.43. The van der Waals surface area contributed by atoms with Gasteiger partial charge in [-0.1, -0.05) is 52.0 Å². The highest BCUT2D eigenvalue weighted by atomic mass is 16.4. The van der Waals surface area contributed by atoms with Gasteiger partial charge in [-0.15, -0.1) is 0 Å². The molecule has 1 N–H and O–H groups in total. The lowest BCUT2D eigenvalue weighted by molar-refractivity contribution is -0.141. The molecule has 1 aromatic carbocycles. The maximum Gasteiger partial charge on any atom is 0.306 e. The summed E-state index contributed by atoms with van der Waals surface area (Å²) in [7, 11) is 0. The van der Waals surface area contributed by atoms with Gasteiger partial charge in [0.2, 0.25) is 0 Å². The van der Waals surface area contributed by atoms with Gasteiger partial charge in [0.1, 0.15) is 0 Å². The molecule has 0 aliphatic heterocycles. The van der Waals surface area contributed by atoms with Crippen LogP contribution in [0.1, 0.15) is 70.4 Å². The Hall–Kier alpha value is -1.31. The van der Waals surface area contributed by atoms with Crippen molar-refractivity contribution in [1.29, 1.82) is 0 Å². The maximum atomic E-state index is 10.9. The van der Waals surface area contributed by atoms with Crippen molar-refractivity contribution < 1.29 is 9.90 Å². The minimum Gasteiger partial charge on any atom is -0.481 e. The van der Waals surface area contributed by atoms with Crippen LogP contribution in [0, 0.1) is 17.3 Å². The molecule has 2 nitrogen and oxygen atoms in total. The Morgan fingerprint density at radius 3 is 2.14 bits per heavy atom. The Bertz CT molecular complexity index is 487. The summed E-state index contributed by atoms with van der Waals surface area (Å²) < 4.78 is 0. The zero-order chi connectivity index (χ0) is 16.3. The molecule has 0 radical (unpaired) electrons. The van der Waals surface area contributed by atoms with Gasteiger partial charge in [0.25, 0.3) is 0 Å². The molecule has 1 aliphatic carbocycles. The van der Waals surface area contributed by atoms with E-state index in [9.17, 15) is 4.79 Å². The largest absolute Gasteiger partial charge is 0.481 e. The molecular weight excluding hydrogens is 272 g/mol. The summed E-state index contributed by atoms with van der Waals surface area (Å²) in [5.74, 6) is 0.502. The number of carbonyl (C=O) groups is 1. The van der Waals surface area contributed by atoms with E-state index < -0.39 is 5.97 Å². The Morgan fingerprint density at radius 2 is 1.68 bits per heavy atom. The molecule has 0 amide bonds. The van der Waals surface area contributed by atoms with Gasteiger partial charge in [-0.25, -0.2) is 0 Å². The second-order valence-corrected chi connectivity index (χ2v) is 8.10. The molecule has 122 valence electrons. The van der Waals surface area contributed by atoms with E-state index in [-0.39, 0.29) is 5.92 Å². The van der Waals surface area contributed by atoms with Crippen LogP contribution in [-0.2, 0) is 11.2 Å². The van der Waals surface area contributed by atoms with Crippen molar-refractivity contribution >= 4 is 5.97 Å². The first kappa shape index (κ1) is 17.1. The van der Waals surface area contributed by atoms with E-state index in [1.807, 2.05) is 0 Å². The second kappa shape index (κ2) is 6.85. The van der Waals surface area contributed by atoms with E-state index in [0.717, 1.165) is 11.5 Å². The quantitative estimate of drug-likeness (QED) is 0.822. The molecule has 0 spiro atoms. The SMILES string of the molecule is CC(Cc1ccc(C2CCC(C(C)(C)C)CC2)cc1)C(=O)O. The maximum absolute atomic E-state index is 10.9. The van der Waals surface area contributed by atoms with Crippen molar-refractivity contribution in [3.63, 3.8) is 0 Å². The van der Waals surface area contributed by atoms with Gasteiger partial charge in [0.05, 0.1) is 5.92 Å². The molecule has 0 bridgehead atoms. The van der Waals surface area contributed by atoms with Gasteiger partial charge in [-0.05, 0) is 60.5 Å². The van der Waals surface area contributed by atoms with Crippen molar-refractivity contribution in [2.24, 2.45) is 17.3 Å². The topological polar surface area (TPSA) is 37.3 Å². The zero-order valence-electron chi connectivity index (χ0n) is 14.4. The molecule has 0 heterocycles. The predicted octanol–water partition coefficient (Wildman–Crippen LogP) is 5.27. The van der Waals surface area contributed by atoms with Crippen LogP contribution in [0.5, 0.6) is 0 Å². The summed E-state index contributed by atoms with van der Waals surface area (Å²) in [6.45, 7) is 8.84. The van der Waals surface area contributed by atoms with Crippen LogP contribution in [0.4, 0.5) is 0 Å². The molecule has 1 fully saturated rings. The van der Waals surface area contributed by atoms with Gasteiger partial charge in [0.15, 0.2) is 0 Å². The molecule has 2 heteroatoms. The first-order valence-corrected chi connectivity index (χ1v) is 8.59. The molecule has 0 saturated heterocycles. The summed E-state index contributed by atoms with van der Waals surface area (Å²) in [5.41, 5.74) is 2.99. The third kappa shape index (κ3) is 4.34. The van der Waals surface area contributed by atoms with Crippen molar-refractivity contribution in [3.05, 3.63) is 35.4 Å². The lowest BCUT2D eigenvalue weighted by Crippen LogP contribution is -2.25. The molecular formula is C20H30O2. The summed E-state index contributed by atoms with van der Waals surface area (Å²) in [5, 5.41) is 8.99. The summed E-state index contributed by atoms with van der Waals surface area (Å²) in [4.78, 5) is 10.9. The van der Waals surface area contributed by atoms with E-state index in [1.165, 1.54) is 31.2 Å². The summed E-state index contributed by atoms with van der Waals surface area (Å²) in [6.07, 6.45) is 5.84. The van der Waals surface area contributed by atoms with Crippen molar-refractivity contribution in [1.82, 2.24) is 0 Å². The summed E-state index contributed by atoms with van der Waals surface area (Å²) in [6, 6.07) is 8.66. The van der Waals surface area contributed by atoms with Crippen molar-refractivity contribution in [2.45, 2.75) is 65.7 Å². The van der Waals surface area contributed by atoms with Crippen LogP contribution in [0.25, 0.3) is 0 Å². The number of hydrogen-bond donors (Lipinski definition) is 1. The first-order chi connectivity index (χ1) is 10.3. The third-order valence-corrected chi connectivity index (χ3v) is 5.37.